The van der Waals surface area contributed by atoms with Crippen molar-refractivity contribution in [3.05, 3.63) is 102 Å². The number of halogens is 3. The Hall–Kier alpha value is -3.87. The van der Waals surface area contributed by atoms with Gasteiger partial charge in [-0.15, -0.1) is 0 Å². The van der Waals surface area contributed by atoms with Gasteiger partial charge < -0.3 is 10.1 Å². The van der Waals surface area contributed by atoms with Crippen molar-refractivity contribution < 1.29 is 22.7 Å². The van der Waals surface area contributed by atoms with Gasteiger partial charge in [0.1, 0.15) is 11.5 Å². The summed E-state index contributed by atoms with van der Waals surface area (Å²) in [7, 11) is 0. The number of hydrogen-bond acceptors (Lipinski definition) is 3. The topological polar surface area (TPSA) is 51.2 Å². The van der Waals surface area contributed by atoms with Gasteiger partial charge in [-0.2, -0.15) is 13.2 Å². The molecule has 1 N–H and O–H groups in total. The molecular formula is C24H17F3N2O2. The Morgan fingerprint density at radius 2 is 1.74 bits per heavy atom. The number of nitrogens with zero attached hydrogens (tertiary/aromatic N) is 1. The second-order valence-corrected chi connectivity index (χ2v) is 6.84. The van der Waals surface area contributed by atoms with E-state index in [1.165, 1.54) is 12.1 Å². The SMILES string of the molecule is O=C(NCc1cccc(C(F)(F)F)c1)c1cccc(Oc2ccnc3ccccc23)c1. The average molecular weight is 422 g/mol. The molecule has 0 saturated heterocycles. The van der Waals surface area contributed by atoms with Gasteiger partial charge in [0.25, 0.3) is 5.91 Å². The Labute approximate surface area is 176 Å². The van der Waals surface area contributed by atoms with E-state index in [9.17, 15) is 18.0 Å². The first-order valence-electron chi connectivity index (χ1n) is 9.46. The molecule has 0 unspecified atom stereocenters. The Balaban J connectivity index is 1.47. The lowest BCUT2D eigenvalue weighted by Crippen LogP contribution is -2.23. The maximum atomic E-state index is 12.8. The van der Waals surface area contributed by atoms with Crippen LogP contribution in [0.2, 0.25) is 0 Å². The molecule has 7 heteroatoms. The molecule has 0 saturated carbocycles. The molecule has 0 bridgehead atoms. The quantitative estimate of drug-likeness (QED) is 0.431. The molecule has 4 aromatic rings. The zero-order valence-corrected chi connectivity index (χ0v) is 16.2. The number of benzene rings is 3. The van der Waals surface area contributed by atoms with Crippen molar-refractivity contribution in [3.8, 4) is 11.5 Å². The molecule has 0 aliphatic heterocycles. The number of aromatic nitrogens is 1. The van der Waals surface area contributed by atoms with E-state index < -0.39 is 17.6 Å². The summed E-state index contributed by atoms with van der Waals surface area (Å²) in [5.41, 5.74) is 0.732. The third-order valence-electron chi connectivity index (χ3n) is 4.64. The fraction of sp³-hybridized carbons (Fsp3) is 0.0833. The second kappa shape index (κ2) is 8.47. The van der Waals surface area contributed by atoms with E-state index in [1.54, 1.807) is 36.5 Å². The zero-order valence-electron chi connectivity index (χ0n) is 16.2. The fourth-order valence-corrected chi connectivity index (χ4v) is 3.13. The number of nitrogens with one attached hydrogen (secondary N) is 1. The summed E-state index contributed by atoms with van der Waals surface area (Å²) in [4.78, 5) is 16.8. The van der Waals surface area contributed by atoms with Crippen LogP contribution in [0.15, 0.2) is 85.1 Å². The molecule has 3 aromatic carbocycles. The lowest BCUT2D eigenvalue weighted by Gasteiger charge is -2.11. The normalized spacial score (nSPS) is 11.3. The van der Waals surface area contributed by atoms with E-state index >= 15 is 0 Å². The molecule has 4 nitrogen and oxygen atoms in total. The number of carbonyl (C=O) groups is 1. The Kier molecular flexibility index (Phi) is 5.58. The van der Waals surface area contributed by atoms with Gasteiger partial charge in [0.05, 0.1) is 11.1 Å². The molecule has 0 aliphatic carbocycles. The predicted molar refractivity (Wildman–Crippen MR) is 111 cm³/mol. The Morgan fingerprint density at radius 1 is 0.935 bits per heavy atom. The smallest absolute Gasteiger partial charge is 0.416 e. The van der Waals surface area contributed by atoms with Crippen LogP contribution in [0, 0.1) is 0 Å². The van der Waals surface area contributed by atoms with Crippen LogP contribution in [0.25, 0.3) is 10.9 Å². The number of para-hydroxylation sites is 1. The molecule has 156 valence electrons. The second-order valence-electron chi connectivity index (χ2n) is 6.84. The van der Waals surface area contributed by atoms with Crippen molar-refractivity contribution in [2.24, 2.45) is 0 Å². The maximum Gasteiger partial charge on any atom is 0.416 e. The van der Waals surface area contributed by atoms with Gasteiger partial charge in [-0.1, -0.05) is 30.3 Å². The predicted octanol–water partition coefficient (Wildman–Crippen LogP) is 5.98. The van der Waals surface area contributed by atoms with Crippen molar-refractivity contribution >= 4 is 16.8 Å². The highest BCUT2D eigenvalue weighted by Gasteiger charge is 2.30. The number of fused-ring (bicyclic) bond motifs is 1. The molecule has 0 fully saturated rings. The molecule has 0 aliphatic rings. The van der Waals surface area contributed by atoms with Gasteiger partial charge in [0.2, 0.25) is 0 Å². The van der Waals surface area contributed by atoms with E-state index in [4.69, 9.17) is 4.74 Å². The largest absolute Gasteiger partial charge is 0.457 e. The molecule has 0 spiro atoms. The summed E-state index contributed by atoms with van der Waals surface area (Å²) in [6.45, 7) is -0.0250. The minimum Gasteiger partial charge on any atom is -0.457 e. The van der Waals surface area contributed by atoms with E-state index in [0.717, 1.165) is 23.0 Å². The van der Waals surface area contributed by atoms with Crippen molar-refractivity contribution in [1.82, 2.24) is 10.3 Å². The summed E-state index contributed by atoms with van der Waals surface area (Å²) < 4.78 is 44.5. The summed E-state index contributed by atoms with van der Waals surface area (Å²) >= 11 is 0. The number of amides is 1. The standard InChI is InChI=1S/C24H17F3N2O2/c25-24(26,27)18-7-3-5-16(13-18)15-29-23(30)17-6-4-8-19(14-17)31-22-11-12-28-21-10-2-1-9-20(21)22/h1-14H,15H2,(H,29,30). The first-order chi connectivity index (χ1) is 14.9. The minimum absolute atomic E-state index is 0.0250. The number of alkyl halides is 3. The van der Waals surface area contributed by atoms with Crippen molar-refractivity contribution in [3.63, 3.8) is 0 Å². The summed E-state index contributed by atoms with van der Waals surface area (Å²) in [5.74, 6) is 0.651. The Bertz CT molecular complexity index is 1230. The molecule has 31 heavy (non-hydrogen) atoms. The van der Waals surface area contributed by atoms with Crippen LogP contribution in [-0.2, 0) is 12.7 Å². The highest BCUT2D eigenvalue weighted by atomic mass is 19.4. The summed E-state index contributed by atoms with van der Waals surface area (Å²) in [6, 6.07) is 20.7. The maximum absolute atomic E-state index is 12.8. The monoisotopic (exact) mass is 422 g/mol. The van der Waals surface area contributed by atoms with Crippen molar-refractivity contribution in [2.75, 3.05) is 0 Å². The van der Waals surface area contributed by atoms with Gasteiger partial charge in [-0.05, 0) is 54.1 Å². The number of hydrogen-bond donors (Lipinski definition) is 1. The van der Waals surface area contributed by atoms with Crippen molar-refractivity contribution in [2.45, 2.75) is 12.7 Å². The molecule has 0 radical (unpaired) electrons. The molecule has 1 heterocycles. The lowest BCUT2D eigenvalue weighted by molar-refractivity contribution is -0.137. The first-order valence-corrected chi connectivity index (χ1v) is 9.46. The van der Waals surface area contributed by atoms with Gasteiger partial charge >= 0.3 is 6.18 Å². The molecular weight excluding hydrogens is 405 g/mol. The number of ether oxygens (including phenoxy) is 1. The number of pyridine rings is 1. The molecule has 1 aromatic heterocycles. The van der Waals surface area contributed by atoms with Crippen LogP contribution in [0.1, 0.15) is 21.5 Å². The highest BCUT2D eigenvalue weighted by Crippen LogP contribution is 2.30. The zero-order chi connectivity index (χ0) is 21.8. The third kappa shape index (κ3) is 4.83. The van der Waals surface area contributed by atoms with Crippen LogP contribution in [0.5, 0.6) is 11.5 Å². The average Bonchev–Trinajstić information content (AvgIpc) is 2.77. The van der Waals surface area contributed by atoms with Crippen LogP contribution in [0.3, 0.4) is 0 Å². The number of rotatable bonds is 5. The lowest BCUT2D eigenvalue weighted by atomic mass is 10.1. The van der Waals surface area contributed by atoms with Crippen LogP contribution < -0.4 is 10.1 Å². The molecule has 0 atom stereocenters. The van der Waals surface area contributed by atoms with Gasteiger partial charge in [0, 0.05) is 23.7 Å². The summed E-state index contributed by atoms with van der Waals surface area (Å²) in [5, 5.41) is 3.48. The van der Waals surface area contributed by atoms with E-state index in [-0.39, 0.29) is 6.54 Å². The minimum atomic E-state index is -4.43. The van der Waals surface area contributed by atoms with Gasteiger partial charge in [0.15, 0.2) is 0 Å². The van der Waals surface area contributed by atoms with Crippen LogP contribution in [0.4, 0.5) is 13.2 Å². The van der Waals surface area contributed by atoms with Crippen LogP contribution >= 0.6 is 0 Å². The van der Waals surface area contributed by atoms with Gasteiger partial charge in [-0.3, -0.25) is 9.78 Å². The summed E-state index contributed by atoms with van der Waals surface area (Å²) in [6.07, 6.45) is -2.79. The first kappa shape index (κ1) is 20.4. The van der Waals surface area contributed by atoms with Gasteiger partial charge in [-0.25, -0.2) is 0 Å². The third-order valence-corrected chi connectivity index (χ3v) is 4.64. The van der Waals surface area contributed by atoms with E-state index in [0.29, 0.717) is 22.6 Å². The fourth-order valence-electron chi connectivity index (χ4n) is 3.13. The van der Waals surface area contributed by atoms with Crippen molar-refractivity contribution in [1.29, 1.82) is 0 Å². The number of carbonyl (C=O) groups excluding carboxylic acids is 1. The van der Waals surface area contributed by atoms with E-state index in [1.807, 2.05) is 24.3 Å². The molecule has 4 rings (SSSR count). The Morgan fingerprint density at radius 3 is 2.58 bits per heavy atom. The molecule has 1 amide bonds. The highest BCUT2D eigenvalue weighted by molar-refractivity contribution is 5.94. The van der Waals surface area contributed by atoms with Crippen LogP contribution in [-0.4, -0.2) is 10.9 Å². The van der Waals surface area contributed by atoms with E-state index in [2.05, 4.69) is 10.3 Å².